The summed E-state index contributed by atoms with van der Waals surface area (Å²) in [5, 5.41) is 7.56. The quantitative estimate of drug-likeness (QED) is 0.197. The number of amides is 2. The molecule has 2 atom stereocenters. The summed E-state index contributed by atoms with van der Waals surface area (Å²) >= 11 is 12.1. The zero-order valence-electron chi connectivity index (χ0n) is 22.4. The summed E-state index contributed by atoms with van der Waals surface area (Å²) < 4.78 is 11.5. The summed E-state index contributed by atoms with van der Waals surface area (Å²) in [6.07, 6.45) is 1.07. The molecule has 0 aliphatic rings. The van der Waals surface area contributed by atoms with E-state index in [9.17, 15) is 9.59 Å². The Hall–Kier alpha value is -3.55. The SMILES string of the molecule is Cc1cccc(COc2ccc(/C=N\NC(=O)[C@@H](CC(C)C)NC(=O)[C@H](C)Oc3ccc(Cl)cc3Cl)cc2)c1. The van der Waals surface area contributed by atoms with Crippen LogP contribution in [0.2, 0.25) is 10.0 Å². The highest BCUT2D eigenvalue weighted by atomic mass is 35.5. The molecule has 0 saturated heterocycles. The van der Waals surface area contributed by atoms with Gasteiger partial charge in [-0.05, 0) is 79.8 Å². The smallest absolute Gasteiger partial charge is 0.262 e. The van der Waals surface area contributed by atoms with Crippen LogP contribution in [0, 0.1) is 12.8 Å². The highest BCUT2D eigenvalue weighted by Gasteiger charge is 2.25. The molecule has 0 spiro atoms. The van der Waals surface area contributed by atoms with Crippen LogP contribution in [-0.4, -0.2) is 30.2 Å². The lowest BCUT2D eigenvalue weighted by atomic mass is 10.0. The van der Waals surface area contributed by atoms with Gasteiger partial charge in [0.2, 0.25) is 0 Å². The van der Waals surface area contributed by atoms with Crippen molar-refractivity contribution in [2.24, 2.45) is 11.0 Å². The van der Waals surface area contributed by atoms with Crippen LogP contribution in [0.15, 0.2) is 71.8 Å². The van der Waals surface area contributed by atoms with Gasteiger partial charge in [0.05, 0.1) is 11.2 Å². The van der Waals surface area contributed by atoms with Gasteiger partial charge in [0.1, 0.15) is 24.1 Å². The third-order valence-electron chi connectivity index (χ3n) is 5.66. The Morgan fingerprint density at radius 2 is 1.72 bits per heavy atom. The van der Waals surface area contributed by atoms with Gasteiger partial charge in [-0.15, -0.1) is 0 Å². The zero-order chi connectivity index (χ0) is 28.4. The fourth-order valence-electron chi connectivity index (χ4n) is 3.67. The van der Waals surface area contributed by atoms with Gasteiger partial charge >= 0.3 is 0 Å². The Kier molecular flexibility index (Phi) is 11.2. The van der Waals surface area contributed by atoms with E-state index in [0.717, 1.165) is 16.9 Å². The van der Waals surface area contributed by atoms with Gasteiger partial charge in [-0.2, -0.15) is 5.10 Å². The Morgan fingerprint density at radius 1 is 0.974 bits per heavy atom. The number of nitrogens with one attached hydrogen (secondary N) is 2. The van der Waals surface area contributed by atoms with Crippen molar-refractivity contribution in [1.82, 2.24) is 10.7 Å². The molecule has 7 nitrogen and oxygen atoms in total. The van der Waals surface area contributed by atoms with Crippen LogP contribution in [0.25, 0.3) is 0 Å². The van der Waals surface area contributed by atoms with Crippen molar-refractivity contribution in [3.63, 3.8) is 0 Å². The van der Waals surface area contributed by atoms with E-state index >= 15 is 0 Å². The molecule has 0 radical (unpaired) electrons. The zero-order valence-corrected chi connectivity index (χ0v) is 23.9. The van der Waals surface area contributed by atoms with E-state index < -0.39 is 24.0 Å². The molecule has 9 heteroatoms. The van der Waals surface area contributed by atoms with Gasteiger partial charge in [-0.3, -0.25) is 9.59 Å². The molecule has 0 aromatic heterocycles. The molecule has 0 saturated carbocycles. The number of hydrogen-bond acceptors (Lipinski definition) is 5. The van der Waals surface area contributed by atoms with Gasteiger partial charge < -0.3 is 14.8 Å². The molecule has 3 rings (SSSR count). The summed E-state index contributed by atoms with van der Waals surface area (Å²) in [5.41, 5.74) is 5.59. The van der Waals surface area contributed by atoms with Crippen molar-refractivity contribution in [2.45, 2.75) is 52.9 Å². The molecule has 206 valence electrons. The normalized spacial score (nSPS) is 12.7. The Bertz CT molecular complexity index is 1300. The van der Waals surface area contributed by atoms with Crippen LogP contribution in [0.4, 0.5) is 0 Å². The largest absolute Gasteiger partial charge is 0.489 e. The van der Waals surface area contributed by atoms with Crippen molar-refractivity contribution in [3.8, 4) is 11.5 Å². The van der Waals surface area contributed by atoms with E-state index in [0.29, 0.717) is 28.8 Å². The fourth-order valence-corrected chi connectivity index (χ4v) is 4.13. The van der Waals surface area contributed by atoms with Gasteiger partial charge in [0, 0.05) is 5.02 Å². The molecule has 0 aliphatic carbocycles. The van der Waals surface area contributed by atoms with Gasteiger partial charge in [-0.1, -0.05) is 66.9 Å². The number of benzene rings is 3. The topological polar surface area (TPSA) is 89.0 Å². The number of carbonyl (C=O) groups is 2. The molecule has 39 heavy (non-hydrogen) atoms. The first-order chi connectivity index (χ1) is 18.6. The Balaban J connectivity index is 1.53. The average Bonchev–Trinajstić information content (AvgIpc) is 2.89. The summed E-state index contributed by atoms with van der Waals surface area (Å²) in [4.78, 5) is 25.6. The number of hydrogen-bond donors (Lipinski definition) is 2. The number of ether oxygens (including phenoxy) is 2. The maximum absolute atomic E-state index is 12.8. The predicted molar refractivity (Wildman–Crippen MR) is 156 cm³/mol. The third-order valence-corrected chi connectivity index (χ3v) is 6.19. The lowest BCUT2D eigenvalue weighted by Gasteiger charge is -2.22. The van der Waals surface area contributed by atoms with E-state index in [1.807, 2.05) is 63.2 Å². The number of halogens is 2. The monoisotopic (exact) mass is 569 g/mol. The maximum atomic E-state index is 12.8. The van der Waals surface area contributed by atoms with Crippen LogP contribution in [0.1, 0.15) is 43.9 Å². The molecule has 0 heterocycles. The van der Waals surface area contributed by atoms with E-state index in [1.165, 1.54) is 17.8 Å². The first kappa shape index (κ1) is 30.0. The Morgan fingerprint density at radius 3 is 2.38 bits per heavy atom. The second-order valence-electron chi connectivity index (χ2n) is 9.61. The summed E-state index contributed by atoms with van der Waals surface area (Å²) in [6.45, 7) is 8.03. The molecule has 0 fully saturated rings. The second-order valence-corrected chi connectivity index (χ2v) is 10.5. The van der Waals surface area contributed by atoms with Crippen molar-refractivity contribution in [2.75, 3.05) is 0 Å². The molecule has 2 amide bonds. The van der Waals surface area contributed by atoms with Gasteiger partial charge in [0.25, 0.3) is 11.8 Å². The van der Waals surface area contributed by atoms with E-state index in [2.05, 4.69) is 21.9 Å². The molecular formula is C30H33Cl2N3O4. The Labute approximate surface area is 239 Å². The number of hydrazone groups is 1. The average molecular weight is 571 g/mol. The molecule has 3 aromatic carbocycles. The van der Waals surface area contributed by atoms with Gasteiger partial charge in [-0.25, -0.2) is 5.43 Å². The number of rotatable bonds is 12. The minimum atomic E-state index is -0.888. The molecule has 3 aromatic rings. The van der Waals surface area contributed by atoms with Crippen LogP contribution in [0.5, 0.6) is 11.5 Å². The molecule has 2 N–H and O–H groups in total. The highest BCUT2D eigenvalue weighted by Crippen LogP contribution is 2.28. The molecule has 0 aliphatic heterocycles. The number of aryl methyl sites for hydroxylation is 1. The summed E-state index contributed by atoms with van der Waals surface area (Å²) in [5.74, 6) is 0.327. The summed E-state index contributed by atoms with van der Waals surface area (Å²) in [7, 11) is 0. The van der Waals surface area contributed by atoms with Crippen molar-refractivity contribution >= 4 is 41.2 Å². The highest BCUT2D eigenvalue weighted by molar-refractivity contribution is 6.35. The number of carbonyl (C=O) groups excluding carboxylic acids is 2. The van der Waals surface area contributed by atoms with Crippen molar-refractivity contribution < 1.29 is 19.1 Å². The van der Waals surface area contributed by atoms with Crippen molar-refractivity contribution in [1.29, 1.82) is 0 Å². The molecular weight excluding hydrogens is 537 g/mol. The fraction of sp³-hybridized carbons (Fsp3) is 0.300. The van der Waals surface area contributed by atoms with E-state index in [4.69, 9.17) is 32.7 Å². The molecule has 0 bridgehead atoms. The third kappa shape index (κ3) is 9.93. The predicted octanol–water partition coefficient (Wildman–Crippen LogP) is 6.33. The van der Waals surface area contributed by atoms with Crippen LogP contribution >= 0.6 is 23.2 Å². The second kappa shape index (κ2) is 14.6. The van der Waals surface area contributed by atoms with Crippen LogP contribution < -0.4 is 20.2 Å². The summed E-state index contributed by atoms with van der Waals surface area (Å²) in [6, 6.07) is 19.5. The standard InChI is InChI=1S/C30H33Cl2N3O4/c1-19(2)14-27(34-29(36)21(4)39-28-13-10-24(31)16-26(28)32)30(37)35-33-17-22-8-11-25(12-9-22)38-18-23-7-5-6-20(3)15-23/h5-13,15-17,19,21,27H,14,18H2,1-4H3,(H,34,36)(H,35,37)/b33-17-/t21-,27+/m0/s1. The lowest BCUT2D eigenvalue weighted by molar-refractivity contribution is -0.132. The minimum absolute atomic E-state index is 0.152. The van der Waals surface area contributed by atoms with E-state index in [1.54, 1.807) is 19.1 Å². The first-order valence-electron chi connectivity index (χ1n) is 12.6. The van der Waals surface area contributed by atoms with Gasteiger partial charge in [0.15, 0.2) is 6.10 Å². The van der Waals surface area contributed by atoms with Crippen LogP contribution in [0.3, 0.4) is 0 Å². The minimum Gasteiger partial charge on any atom is -0.489 e. The maximum Gasteiger partial charge on any atom is 0.262 e. The van der Waals surface area contributed by atoms with Crippen LogP contribution in [-0.2, 0) is 16.2 Å². The number of nitrogens with zero attached hydrogens (tertiary/aromatic N) is 1. The first-order valence-corrected chi connectivity index (χ1v) is 13.4. The van der Waals surface area contributed by atoms with E-state index in [-0.39, 0.29) is 5.92 Å². The lowest BCUT2D eigenvalue weighted by Crippen LogP contribution is -2.49. The van der Waals surface area contributed by atoms with Crippen molar-refractivity contribution in [3.05, 3.63) is 93.5 Å². The molecule has 0 unspecified atom stereocenters.